The highest BCUT2D eigenvalue weighted by Crippen LogP contribution is 2.23. The molecule has 2 aromatic rings. The van der Waals surface area contributed by atoms with Crippen molar-refractivity contribution in [1.82, 2.24) is 5.32 Å². The first-order valence-electron chi connectivity index (χ1n) is 7.41. The molecule has 0 bridgehead atoms. The van der Waals surface area contributed by atoms with Crippen molar-refractivity contribution in [2.24, 2.45) is 0 Å². The lowest BCUT2D eigenvalue weighted by Gasteiger charge is -2.18. The van der Waals surface area contributed by atoms with E-state index in [0.29, 0.717) is 11.3 Å². The van der Waals surface area contributed by atoms with Gasteiger partial charge in [0.1, 0.15) is 0 Å². The standard InChI is InChI=1S/C17H23NO2S/c1-4-18-13(2)11-14(3)21(19,20)17-10-9-15-7-5-6-8-16(15)12-17/h5-10,12-14,18H,4,11H2,1-3H3. The van der Waals surface area contributed by atoms with E-state index >= 15 is 0 Å². The summed E-state index contributed by atoms with van der Waals surface area (Å²) in [7, 11) is -3.28. The van der Waals surface area contributed by atoms with Gasteiger partial charge in [0, 0.05) is 6.04 Å². The highest BCUT2D eigenvalue weighted by molar-refractivity contribution is 7.92. The molecule has 0 aromatic heterocycles. The summed E-state index contributed by atoms with van der Waals surface area (Å²) in [5, 5.41) is 4.89. The molecule has 0 fully saturated rings. The smallest absolute Gasteiger partial charge is 0.181 e. The van der Waals surface area contributed by atoms with Crippen LogP contribution in [0, 0.1) is 0 Å². The zero-order valence-electron chi connectivity index (χ0n) is 12.8. The Hall–Kier alpha value is -1.39. The Kier molecular flexibility index (Phi) is 5.01. The van der Waals surface area contributed by atoms with E-state index in [2.05, 4.69) is 5.32 Å². The molecule has 0 saturated carbocycles. The Labute approximate surface area is 127 Å². The van der Waals surface area contributed by atoms with Gasteiger partial charge in [-0.2, -0.15) is 0 Å². The predicted molar refractivity (Wildman–Crippen MR) is 88.4 cm³/mol. The predicted octanol–water partition coefficient (Wildman–Crippen LogP) is 3.39. The molecule has 0 radical (unpaired) electrons. The first-order chi connectivity index (χ1) is 9.95. The number of rotatable bonds is 6. The van der Waals surface area contributed by atoms with E-state index in [0.717, 1.165) is 17.3 Å². The Morgan fingerprint density at radius 1 is 1.05 bits per heavy atom. The summed E-state index contributed by atoms with van der Waals surface area (Å²) in [6, 6.07) is 13.4. The lowest BCUT2D eigenvalue weighted by molar-refractivity contribution is 0.509. The van der Waals surface area contributed by atoms with E-state index in [1.807, 2.05) is 44.2 Å². The van der Waals surface area contributed by atoms with E-state index in [9.17, 15) is 8.42 Å². The summed E-state index contributed by atoms with van der Waals surface area (Å²) >= 11 is 0. The molecule has 0 spiro atoms. The third kappa shape index (κ3) is 3.63. The first-order valence-corrected chi connectivity index (χ1v) is 8.96. The van der Waals surface area contributed by atoms with Crippen molar-refractivity contribution in [2.75, 3.05) is 6.54 Å². The van der Waals surface area contributed by atoms with Crippen molar-refractivity contribution < 1.29 is 8.42 Å². The molecule has 0 heterocycles. The maximum Gasteiger partial charge on any atom is 0.181 e. The molecule has 2 unspecified atom stereocenters. The lowest BCUT2D eigenvalue weighted by Crippen LogP contribution is -2.32. The second kappa shape index (κ2) is 6.58. The number of hydrogen-bond acceptors (Lipinski definition) is 3. The Balaban J connectivity index is 2.28. The van der Waals surface area contributed by atoms with Crippen LogP contribution in [0.2, 0.25) is 0 Å². The van der Waals surface area contributed by atoms with Crippen molar-refractivity contribution in [3.63, 3.8) is 0 Å². The Bertz CT molecular complexity index is 710. The molecule has 0 aliphatic heterocycles. The molecule has 3 nitrogen and oxygen atoms in total. The minimum atomic E-state index is -3.28. The summed E-state index contributed by atoms with van der Waals surface area (Å²) < 4.78 is 25.4. The van der Waals surface area contributed by atoms with Gasteiger partial charge in [0.2, 0.25) is 0 Å². The van der Waals surface area contributed by atoms with Gasteiger partial charge in [-0.25, -0.2) is 8.42 Å². The zero-order valence-corrected chi connectivity index (χ0v) is 13.7. The van der Waals surface area contributed by atoms with Gasteiger partial charge in [-0.15, -0.1) is 0 Å². The quantitative estimate of drug-likeness (QED) is 0.890. The van der Waals surface area contributed by atoms with Gasteiger partial charge in [-0.3, -0.25) is 0 Å². The molecule has 0 aliphatic carbocycles. The zero-order chi connectivity index (χ0) is 15.5. The van der Waals surface area contributed by atoms with E-state index < -0.39 is 15.1 Å². The van der Waals surface area contributed by atoms with E-state index in [-0.39, 0.29) is 6.04 Å². The van der Waals surface area contributed by atoms with Crippen molar-refractivity contribution in [2.45, 2.75) is 43.4 Å². The van der Waals surface area contributed by atoms with Gasteiger partial charge in [-0.1, -0.05) is 37.3 Å². The lowest BCUT2D eigenvalue weighted by atomic mass is 10.1. The number of fused-ring (bicyclic) bond motifs is 1. The van der Waals surface area contributed by atoms with Gasteiger partial charge in [0.25, 0.3) is 0 Å². The van der Waals surface area contributed by atoms with Crippen LogP contribution in [0.15, 0.2) is 47.4 Å². The van der Waals surface area contributed by atoms with Crippen LogP contribution in [0.3, 0.4) is 0 Å². The molecule has 0 amide bonds. The minimum absolute atomic E-state index is 0.195. The van der Waals surface area contributed by atoms with Gasteiger partial charge in [-0.05, 0) is 49.7 Å². The molecule has 1 N–H and O–H groups in total. The molecular weight excluding hydrogens is 282 g/mol. The van der Waals surface area contributed by atoms with E-state index in [1.165, 1.54) is 0 Å². The monoisotopic (exact) mass is 305 g/mol. The van der Waals surface area contributed by atoms with Gasteiger partial charge in [0.05, 0.1) is 10.1 Å². The second-order valence-electron chi connectivity index (χ2n) is 5.56. The maximum absolute atomic E-state index is 12.7. The number of hydrogen-bond donors (Lipinski definition) is 1. The van der Waals surface area contributed by atoms with Crippen LogP contribution in [-0.4, -0.2) is 26.3 Å². The third-order valence-electron chi connectivity index (χ3n) is 3.82. The third-order valence-corrected chi connectivity index (χ3v) is 5.98. The summed E-state index contributed by atoms with van der Waals surface area (Å²) in [6.07, 6.45) is 0.614. The normalized spacial score (nSPS) is 15.0. The molecule has 4 heteroatoms. The fourth-order valence-electron chi connectivity index (χ4n) is 2.63. The van der Waals surface area contributed by atoms with E-state index in [1.54, 1.807) is 19.1 Å². The van der Waals surface area contributed by atoms with Crippen molar-refractivity contribution in [1.29, 1.82) is 0 Å². The maximum atomic E-state index is 12.7. The summed E-state index contributed by atoms with van der Waals surface area (Å²) in [6.45, 7) is 6.69. The largest absolute Gasteiger partial charge is 0.314 e. The molecule has 21 heavy (non-hydrogen) atoms. The molecular formula is C17H23NO2S. The van der Waals surface area contributed by atoms with Gasteiger partial charge >= 0.3 is 0 Å². The van der Waals surface area contributed by atoms with Gasteiger partial charge in [0.15, 0.2) is 9.84 Å². The van der Waals surface area contributed by atoms with Crippen molar-refractivity contribution in [3.05, 3.63) is 42.5 Å². The van der Waals surface area contributed by atoms with Crippen molar-refractivity contribution >= 4 is 20.6 Å². The molecule has 2 atom stereocenters. The fourth-order valence-corrected chi connectivity index (χ4v) is 4.19. The highest BCUT2D eigenvalue weighted by atomic mass is 32.2. The number of sulfone groups is 1. The Morgan fingerprint density at radius 3 is 2.38 bits per heavy atom. The van der Waals surface area contributed by atoms with Crippen LogP contribution in [0.4, 0.5) is 0 Å². The van der Waals surface area contributed by atoms with Crippen LogP contribution in [0.5, 0.6) is 0 Å². The van der Waals surface area contributed by atoms with Gasteiger partial charge < -0.3 is 5.32 Å². The summed E-state index contributed by atoms with van der Waals surface area (Å²) in [5.74, 6) is 0. The minimum Gasteiger partial charge on any atom is -0.314 e. The highest BCUT2D eigenvalue weighted by Gasteiger charge is 2.24. The Morgan fingerprint density at radius 2 is 1.71 bits per heavy atom. The molecule has 2 rings (SSSR count). The van der Waals surface area contributed by atoms with Crippen LogP contribution < -0.4 is 5.32 Å². The molecule has 0 aliphatic rings. The second-order valence-corrected chi connectivity index (χ2v) is 7.93. The number of benzene rings is 2. The van der Waals surface area contributed by atoms with E-state index in [4.69, 9.17) is 0 Å². The number of nitrogens with one attached hydrogen (secondary N) is 1. The van der Waals surface area contributed by atoms with Crippen LogP contribution in [0.1, 0.15) is 27.2 Å². The molecule has 0 saturated heterocycles. The molecule has 114 valence electrons. The molecule has 2 aromatic carbocycles. The summed E-state index contributed by atoms with van der Waals surface area (Å²) in [4.78, 5) is 0.414. The first kappa shape index (κ1) is 16.0. The van der Waals surface area contributed by atoms with Crippen LogP contribution >= 0.6 is 0 Å². The average Bonchev–Trinajstić information content (AvgIpc) is 2.46. The van der Waals surface area contributed by atoms with Crippen LogP contribution in [0.25, 0.3) is 10.8 Å². The fraction of sp³-hybridized carbons (Fsp3) is 0.412. The van der Waals surface area contributed by atoms with Crippen LogP contribution in [-0.2, 0) is 9.84 Å². The van der Waals surface area contributed by atoms with Crippen molar-refractivity contribution in [3.8, 4) is 0 Å². The topological polar surface area (TPSA) is 46.2 Å². The SMILES string of the molecule is CCNC(C)CC(C)S(=O)(=O)c1ccc2ccccc2c1. The summed E-state index contributed by atoms with van der Waals surface area (Å²) in [5.41, 5.74) is 0. The average molecular weight is 305 g/mol.